The zero-order chi connectivity index (χ0) is 10.0. The zero-order valence-electron chi connectivity index (χ0n) is 5.86. The second-order valence-electron chi connectivity index (χ2n) is 2.14. The van der Waals surface area contributed by atoms with Gasteiger partial charge in [0.2, 0.25) is 0 Å². The van der Waals surface area contributed by atoms with E-state index in [1.54, 1.807) is 54.7 Å². The summed E-state index contributed by atoms with van der Waals surface area (Å²) in [5.74, 6) is 0. The molecule has 78 valence electrons. The molecule has 0 atom stereocenters. The van der Waals surface area contributed by atoms with E-state index < -0.39 is 5.41 Å². The molecule has 0 aromatic carbocycles. The van der Waals surface area contributed by atoms with Gasteiger partial charge in [-0.3, -0.25) is 12.6 Å². The molecule has 0 unspecified atom stereocenters. The molecule has 1 fully saturated rings. The SMILES string of the molecule is O=[C-]C1([C-]=O)CCC1.[O]=[Ag].[O]=[Ag]. The van der Waals surface area contributed by atoms with E-state index in [1.807, 2.05) is 0 Å². The fourth-order valence-electron chi connectivity index (χ4n) is 0.755. The fraction of sp³-hybridized carbons (Fsp3) is 0.667. The Morgan fingerprint density at radius 3 is 1.25 bits per heavy atom. The maximum absolute atomic E-state index is 9.95. The third-order valence-corrected chi connectivity index (χ3v) is 1.60. The van der Waals surface area contributed by atoms with E-state index in [0.29, 0.717) is 12.8 Å². The summed E-state index contributed by atoms with van der Waals surface area (Å²) >= 11 is 3.40. The predicted octanol–water partition coefficient (Wildman–Crippen LogP) is 0.134. The molecule has 6 heteroatoms. The van der Waals surface area contributed by atoms with Crippen molar-refractivity contribution >= 4 is 12.6 Å². The molecule has 12 heavy (non-hydrogen) atoms. The van der Waals surface area contributed by atoms with Crippen molar-refractivity contribution < 1.29 is 58.2 Å². The number of hydrogen-bond donors (Lipinski definition) is 0. The Morgan fingerprint density at radius 1 is 0.917 bits per heavy atom. The second kappa shape index (κ2) is 9.51. The Balaban J connectivity index is 0. The van der Waals surface area contributed by atoms with Crippen molar-refractivity contribution in [3.05, 3.63) is 0 Å². The Morgan fingerprint density at radius 2 is 1.25 bits per heavy atom. The van der Waals surface area contributed by atoms with Crippen LogP contribution in [0.3, 0.4) is 0 Å². The van der Waals surface area contributed by atoms with Gasteiger partial charge in [-0.1, -0.05) is 19.3 Å². The number of rotatable bonds is 2. The van der Waals surface area contributed by atoms with E-state index in [0.717, 1.165) is 6.42 Å². The van der Waals surface area contributed by atoms with Crippen LogP contribution >= 0.6 is 0 Å². The molecular formula is C6H6Ag2O4-2. The maximum atomic E-state index is 9.95. The molecular weight excluding hydrogens is 352 g/mol. The summed E-state index contributed by atoms with van der Waals surface area (Å²) in [6, 6.07) is 0. The Hall–Kier alpha value is 0.421. The molecule has 0 radical (unpaired) electrons. The van der Waals surface area contributed by atoms with Gasteiger partial charge in [0, 0.05) is 0 Å². The van der Waals surface area contributed by atoms with Gasteiger partial charge in [0.05, 0.1) is 0 Å². The minimum atomic E-state index is -0.806. The van der Waals surface area contributed by atoms with Crippen molar-refractivity contribution in [1.29, 1.82) is 0 Å². The van der Waals surface area contributed by atoms with Gasteiger partial charge in [0.15, 0.2) is 0 Å². The predicted molar refractivity (Wildman–Crippen MR) is 29.0 cm³/mol. The molecule has 0 aromatic heterocycles. The molecule has 0 bridgehead atoms. The molecule has 0 N–H and O–H groups in total. The molecule has 1 saturated carbocycles. The summed E-state index contributed by atoms with van der Waals surface area (Å²) in [4.78, 5) is 19.9. The first-order chi connectivity index (χ1) is 5.83. The molecule has 0 amide bonds. The van der Waals surface area contributed by atoms with Crippen molar-refractivity contribution in [2.24, 2.45) is 5.41 Å². The first kappa shape index (κ1) is 14.9. The van der Waals surface area contributed by atoms with Crippen LogP contribution in [0.4, 0.5) is 0 Å². The molecule has 0 saturated heterocycles. The van der Waals surface area contributed by atoms with E-state index in [-0.39, 0.29) is 0 Å². The molecule has 4 nitrogen and oxygen atoms in total. The van der Waals surface area contributed by atoms with Crippen molar-refractivity contribution in [3.8, 4) is 0 Å². The van der Waals surface area contributed by atoms with Gasteiger partial charge in [0.25, 0.3) is 0 Å². The van der Waals surface area contributed by atoms with Crippen molar-refractivity contribution in [3.63, 3.8) is 0 Å². The van der Waals surface area contributed by atoms with E-state index in [4.69, 9.17) is 6.50 Å². The van der Waals surface area contributed by atoms with Crippen molar-refractivity contribution in [2.75, 3.05) is 0 Å². The first-order valence-corrected chi connectivity index (χ1v) is 4.07. The van der Waals surface area contributed by atoms with E-state index in [9.17, 15) is 9.59 Å². The average molecular weight is 358 g/mol. The van der Waals surface area contributed by atoms with Crippen LogP contribution in [0.25, 0.3) is 0 Å². The molecule has 1 aliphatic carbocycles. The molecule has 0 aliphatic heterocycles. The van der Waals surface area contributed by atoms with Crippen LogP contribution < -0.4 is 0 Å². The second-order valence-corrected chi connectivity index (χ2v) is 2.14. The summed E-state index contributed by atoms with van der Waals surface area (Å²) in [5.41, 5.74) is -0.806. The number of hydrogen-bond acceptors (Lipinski definition) is 4. The van der Waals surface area contributed by atoms with Gasteiger partial charge in [-0.25, -0.2) is 5.41 Å². The van der Waals surface area contributed by atoms with Crippen molar-refractivity contribution in [1.82, 2.24) is 0 Å². The van der Waals surface area contributed by atoms with E-state index in [2.05, 4.69) is 0 Å². The van der Waals surface area contributed by atoms with Crippen molar-refractivity contribution in [2.45, 2.75) is 19.3 Å². The topological polar surface area (TPSA) is 68.3 Å². The van der Waals surface area contributed by atoms with Crippen LogP contribution in [-0.4, -0.2) is 12.6 Å². The Bertz CT molecular complexity index is 134. The average Bonchev–Trinajstić information content (AvgIpc) is 2.12. The van der Waals surface area contributed by atoms with Crippen LogP contribution in [0.5, 0.6) is 0 Å². The van der Waals surface area contributed by atoms with Gasteiger partial charge in [0.1, 0.15) is 0 Å². The van der Waals surface area contributed by atoms with Gasteiger partial charge in [-0.05, 0) is 0 Å². The van der Waals surface area contributed by atoms with Crippen LogP contribution in [0.15, 0.2) is 0 Å². The normalized spacial score (nSPS) is 16.7. The third kappa shape index (κ3) is 4.45. The molecule has 0 aromatic rings. The minimum absolute atomic E-state index is 0.653. The van der Waals surface area contributed by atoms with Gasteiger partial charge < -0.3 is 9.59 Å². The van der Waals surface area contributed by atoms with Crippen LogP contribution in [-0.2, 0) is 58.2 Å². The summed E-state index contributed by atoms with van der Waals surface area (Å²) in [7, 11) is 0. The first-order valence-electron chi connectivity index (χ1n) is 2.86. The Labute approximate surface area is 95.0 Å². The monoisotopic (exact) mass is 356 g/mol. The third-order valence-electron chi connectivity index (χ3n) is 1.60. The van der Waals surface area contributed by atoms with Gasteiger partial charge >= 0.3 is 48.6 Å². The van der Waals surface area contributed by atoms with E-state index >= 15 is 0 Å². The standard InChI is InChI=1S/C6H6O2.2Ag.2O/c7-4-6(5-8)2-1-3-6;;;;/h1-3H2;;;;/q-2;;;;. The van der Waals surface area contributed by atoms with Crippen LogP contribution in [0, 0.1) is 5.41 Å². The molecule has 1 rings (SSSR count). The van der Waals surface area contributed by atoms with Crippen LogP contribution in [0.2, 0.25) is 0 Å². The number of carbonyl (C=O) groups excluding carboxylic acids is 2. The fourth-order valence-corrected chi connectivity index (χ4v) is 0.755. The zero-order valence-corrected chi connectivity index (χ0v) is 8.82. The van der Waals surface area contributed by atoms with Gasteiger partial charge in [-0.15, -0.1) is 0 Å². The molecule has 1 aliphatic rings. The summed E-state index contributed by atoms with van der Waals surface area (Å²) < 4.78 is 16.1. The quantitative estimate of drug-likeness (QED) is 0.400. The summed E-state index contributed by atoms with van der Waals surface area (Å²) in [6.45, 7) is 0. The molecule has 0 heterocycles. The van der Waals surface area contributed by atoms with E-state index in [1.165, 1.54) is 0 Å². The van der Waals surface area contributed by atoms with Crippen LogP contribution in [0.1, 0.15) is 19.3 Å². The molecule has 0 spiro atoms. The Kier molecular flexibility index (Phi) is 11.8. The van der Waals surface area contributed by atoms with Gasteiger partial charge in [-0.2, -0.15) is 0 Å². The summed E-state index contributed by atoms with van der Waals surface area (Å²) in [5, 5.41) is 0. The summed E-state index contributed by atoms with van der Waals surface area (Å²) in [6.07, 6.45) is 5.65.